The van der Waals surface area contributed by atoms with Gasteiger partial charge in [-0.2, -0.15) is 0 Å². The minimum Gasteiger partial charge on any atom is -0.488 e. The molecule has 0 bridgehead atoms. The van der Waals surface area contributed by atoms with Crippen LogP contribution in [0.25, 0.3) is 0 Å². The highest BCUT2D eigenvalue weighted by Crippen LogP contribution is 2.10. The Bertz CT molecular complexity index is 380. The van der Waals surface area contributed by atoms with Crippen LogP contribution < -0.4 is 15.5 Å². The van der Waals surface area contributed by atoms with E-state index in [1.807, 2.05) is 11.6 Å². The van der Waals surface area contributed by atoms with Gasteiger partial charge in [0.15, 0.2) is 5.75 Å². The fourth-order valence-electron chi connectivity index (χ4n) is 1.73. The zero-order valence-corrected chi connectivity index (χ0v) is 8.90. The number of nitrogens with zero attached hydrogens (tertiary/aromatic N) is 1. The van der Waals surface area contributed by atoms with Crippen LogP contribution in [0.1, 0.15) is 6.42 Å². The van der Waals surface area contributed by atoms with Crippen LogP contribution in [0.5, 0.6) is 5.75 Å². The summed E-state index contributed by atoms with van der Waals surface area (Å²) in [6, 6.07) is 1.53. The van der Waals surface area contributed by atoms with Crippen molar-refractivity contribution < 1.29 is 4.74 Å². The first-order valence-electron chi connectivity index (χ1n) is 5.25. The molecule has 1 unspecified atom stereocenters. The van der Waals surface area contributed by atoms with E-state index in [4.69, 9.17) is 4.74 Å². The molecule has 82 valence electrons. The van der Waals surface area contributed by atoms with Crippen molar-refractivity contribution in [2.75, 3.05) is 19.7 Å². The summed E-state index contributed by atoms with van der Waals surface area (Å²) in [6.07, 6.45) is 4.59. The van der Waals surface area contributed by atoms with Gasteiger partial charge in [0.2, 0.25) is 5.43 Å². The number of aryl methyl sites for hydroxylation is 1. The van der Waals surface area contributed by atoms with Gasteiger partial charge in [-0.25, -0.2) is 0 Å². The van der Waals surface area contributed by atoms with Gasteiger partial charge in [0.05, 0.1) is 6.61 Å². The Balaban J connectivity index is 1.97. The van der Waals surface area contributed by atoms with Crippen molar-refractivity contribution in [1.82, 2.24) is 9.88 Å². The maximum Gasteiger partial charge on any atom is 0.223 e. The van der Waals surface area contributed by atoms with Crippen molar-refractivity contribution in [2.45, 2.75) is 6.42 Å². The molecule has 0 aromatic carbocycles. The van der Waals surface area contributed by atoms with Crippen molar-refractivity contribution in [2.24, 2.45) is 13.0 Å². The van der Waals surface area contributed by atoms with Gasteiger partial charge in [0.1, 0.15) is 0 Å². The quantitative estimate of drug-likeness (QED) is 0.780. The molecule has 1 fully saturated rings. The fourth-order valence-corrected chi connectivity index (χ4v) is 1.73. The number of hydrogen-bond donors (Lipinski definition) is 1. The first kappa shape index (κ1) is 10.2. The maximum atomic E-state index is 11.4. The summed E-state index contributed by atoms with van der Waals surface area (Å²) >= 11 is 0. The first-order valence-corrected chi connectivity index (χ1v) is 5.25. The van der Waals surface area contributed by atoms with Gasteiger partial charge in [-0.1, -0.05) is 0 Å². The summed E-state index contributed by atoms with van der Waals surface area (Å²) < 4.78 is 7.35. The van der Waals surface area contributed by atoms with Crippen molar-refractivity contribution in [3.8, 4) is 5.75 Å². The van der Waals surface area contributed by atoms with Crippen molar-refractivity contribution in [3.63, 3.8) is 0 Å². The molecular formula is C11H16N2O2. The SMILES string of the molecule is Cn1ccc(=O)c(OCC2CCNC2)c1. The van der Waals surface area contributed by atoms with E-state index in [2.05, 4.69) is 5.32 Å². The normalized spacial score (nSPS) is 20.5. The van der Waals surface area contributed by atoms with E-state index in [9.17, 15) is 4.79 Å². The van der Waals surface area contributed by atoms with E-state index in [0.29, 0.717) is 18.3 Å². The highest BCUT2D eigenvalue weighted by molar-refractivity contribution is 5.17. The first-order chi connectivity index (χ1) is 7.25. The third kappa shape index (κ3) is 2.59. The van der Waals surface area contributed by atoms with Crippen molar-refractivity contribution in [1.29, 1.82) is 0 Å². The van der Waals surface area contributed by atoms with Gasteiger partial charge in [0.25, 0.3) is 0 Å². The second kappa shape index (κ2) is 4.49. The molecule has 0 spiro atoms. The Morgan fingerprint density at radius 1 is 1.67 bits per heavy atom. The average Bonchev–Trinajstić information content (AvgIpc) is 2.72. The molecule has 1 N–H and O–H groups in total. The highest BCUT2D eigenvalue weighted by atomic mass is 16.5. The molecule has 1 aliphatic heterocycles. The molecule has 15 heavy (non-hydrogen) atoms. The number of nitrogens with one attached hydrogen (secondary N) is 1. The van der Waals surface area contributed by atoms with Crippen molar-refractivity contribution >= 4 is 0 Å². The van der Waals surface area contributed by atoms with Gasteiger partial charge in [-0.05, 0) is 13.0 Å². The van der Waals surface area contributed by atoms with Crippen molar-refractivity contribution in [3.05, 3.63) is 28.7 Å². The molecule has 1 saturated heterocycles. The minimum atomic E-state index is -0.0425. The molecule has 0 aliphatic carbocycles. The number of aromatic nitrogens is 1. The largest absolute Gasteiger partial charge is 0.488 e. The summed E-state index contributed by atoms with van der Waals surface area (Å²) in [4.78, 5) is 11.4. The van der Waals surface area contributed by atoms with Gasteiger partial charge >= 0.3 is 0 Å². The predicted octanol–water partition coefficient (Wildman–Crippen LogP) is 0.374. The van der Waals surface area contributed by atoms with Crippen LogP contribution >= 0.6 is 0 Å². The minimum absolute atomic E-state index is 0.0425. The van der Waals surface area contributed by atoms with E-state index < -0.39 is 0 Å². The lowest BCUT2D eigenvalue weighted by Gasteiger charge is -2.10. The lowest BCUT2D eigenvalue weighted by atomic mass is 10.1. The van der Waals surface area contributed by atoms with Gasteiger partial charge in [-0.3, -0.25) is 4.79 Å². The zero-order chi connectivity index (χ0) is 10.7. The van der Waals surface area contributed by atoms with E-state index in [0.717, 1.165) is 19.5 Å². The number of pyridine rings is 1. The summed E-state index contributed by atoms with van der Waals surface area (Å²) in [5.74, 6) is 0.988. The second-order valence-electron chi connectivity index (χ2n) is 4.01. The Morgan fingerprint density at radius 2 is 2.53 bits per heavy atom. The van der Waals surface area contributed by atoms with Gasteiger partial charge in [-0.15, -0.1) is 0 Å². The molecule has 1 atom stereocenters. The van der Waals surface area contributed by atoms with E-state index in [1.54, 1.807) is 12.4 Å². The molecule has 1 aromatic heterocycles. The Labute approximate surface area is 88.9 Å². The van der Waals surface area contributed by atoms with E-state index >= 15 is 0 Å². The van der Waals surface area contributed by atoms with Crippen LogP contribution in [-0.4, -0.2) is 24.3 Å². The molecule has 0 amide bonds. The second-order valence-corrected chi connectivity index (χ2v) is 4.01. The Morgan fingerprint density at radius 3 is 3.27 bits per heavy atom. The topological polar surface area (TPSA) is 43.3 Å². The third-order valence-corrected chi connectivity index (χ3v) is 2.66. The molecule has 4 heteroatoms. The predicted molar refractivity (Wildman–Crippen MR) is 58.2 cm³/mol. The van der Waals surface area contributed by atoms with E-state index in [1.165, 1.54) is 6.07 Å². The van der Waals surface area contributed by atoms with Crippen LogP contribution in [0.15, 0.2) is 23.3 Å². The van der Waals surface area contributed by atoms with Crippen LogP contribution in [0.4, 0.5) is 0 Å². The highest BCUT2D eigenvalue weighted by Gasteiger charge is 2.15. The van der Waals surface area contributed by atoms with Crippen LogP contribution in [0, 0.1) is 5.92 Å². The maximum absolute atomic E-state index is 11.4. The monoisotopic (exact) mass is 208 g/mol. The lowest BCUT2D eigenvalue weighted by molar-refractivity contribution is 0.256. The van der Waals surface area contributed by atoms with Crippen LogP contribution in [0.2, 0.25) is 0 Å². The zero-order valence-electron chi connectivity index (χ0n) is 8.90. The molecular weight excluding hydrogens is 192 g/mol. The molecule has 1 aliphatic rings. The fraction of sp³-hybridized carbons (Fsp3) is 0.545. The Kier molecular flexibility index (Phi) is 3.06. The standard InChI is InChI=1S/C11H16N2O2/c1-13-5-3-10(14)11(7-13)15-8-9-2-4-12-6-9/h3,5,7,9,12H,2,4,6,8H2,1H3. The molecule has 0 saturated carbocycles. The lowest BCUT2D eigenvalue weighted by Crippen LogP contribution is -2.18. The number of ether oxygens (including phenoxy) is 1. The van der Waals surface area contributed by atoms with Gasteiger partial charge in [0, 0.05) is 38.0 Å². The smallest absolute Gasteiger partial charge is 0.223 e. The Hall–Kier alpha value is -1.29. The average molecular weight is 208 g/mol. The number of hydrogen-bond acceptors (Lipinski definition) is 3. The van der Waals surface area contributed by atoms with Crippen LogP contribution in [0.3, 0.4) is 0 Å². The number of rotatable bonds is 3. The van der Waals surface area contributed by atoms with E-state index in [-0.39, 0.29) is 5.43 Å². The molecule has 2 rings (SSSR count). The molecule has 2 heterocycles. The summed E-state index contributed by atoms with van der Waals surface area (Å²) in [5, 5.41) is 3.27. The molecule has 0 radical (unpaired) electrons. The van der Waals surface area contributed by atoms with Gasteiger partial charge < -0.3 is 14.6 Å². The molecule has 4 nitrogen and oxygen atoms in total. The third-order valence-electron chi connectivity index (χ3n) is 2.66. The molecule has 1 aromatic rings. The summed E-state index contributed by atoms with van der Waals surface area (Å²) in [5.41, 5.74) is -0.0425. The summed E-state index contributed by atoms with van der Waals surface area (Å²) in [6.45, 7) is 2.68. The van der Waals surface area contributed by atoms with Crippen LogP contribution in [-0.2, 0) is 7.05 Å². The summed E-state index contributed by atoms with van der Waals surface area (Å²) in [7, 11) is 1.88.